The molecule has 1 aliphatic carbocycles. The summed E-state index contributed by atoms with van der Waals surface area (Å²) in [5.41, 5.74) is 0.127. The average Bonchev–Trinajstić information content (AvgIpc) is 3.33. The molecule has 2 fully saturated rings. The zero-order chi connectivity index (χ0) is 26.4. The maximum atomic E-state index is 13.7. The highest BCUT2D eigenvalue weighted by atomic mass is 16.4. The van der Waals surface area contributed by atoms with Gasteiger partial charge in [0.05, 0.1) is 6.04 Å². The van der Waals surface area contributed by atoms with Crippen molar-refractivity contribution in [2.75, 3.05) is 13.1 Å². The Balaban J connectivity index is 1.45. The van der Waals surface area contributed by atoms with Crippen molar-refractivity contribution in [3.8, 4) is 0 Å². The second kappa shape index (κ2) is 12.1. The number of likely N-dealkylation sites (tertiary alicyclic amines) is 1. The van der Waals surface area contributed by atoms with Gasteiger partial charge in [0.1, 0.15) is 11.1 Å². The van der Waals surface area contributed by atoms with Crippen LogP contribution in [0, 0.1) is 0 Å². The van der Waals surface area contributed by atoms with E-state index in [-0.39, 0.29) is 23.6 Å². The van der Waals surface area contributed by atoms with Crippen molar-refractivity contribution < 1.29 is 18.8 Å². The molecule has 0 bridgehead atoms. The molecule has 1 saturated carbocycles. The summed E-state index contributed by atoms with van der Waals surface area (Å²) in [6.07, 6.45) is 6.80. The van der Waals surface area contributed by atoms with E-state index in [0.29, 0.717) is 62.0 Å². The summed E-state index contributed by atoms with van der Waals surface area (Å²) in [7, 11) is 0. The molecule has 2 heterocycles. The Kier molecular flexibility index (Phi) is 8.84. The Morgan fingerprint density at radius 1 is 1.11 bits per heavy atom. The number of fused-ring (bicyclic) bond motifs is 1. The maximum Gasteiger partial charge on any atom is 0.318 e. The molecule has 1 atom stereocenters. The highest BCUT2D eigenvalue weighted by Crippen LogP contribution is 2.30. The molecule has 9 nitrogen and oxygen atoms in total. The maximum absolute atomic E-state index is 13.7. The fraction of sp³-hybridized carbons (Fsp3) is 0.643. The van der Waals surface area contributed by atoms with Crippen LogP contribution in [0.25, 0.3) is 11.1 Å². The minimum absolute atomic E-state index is 0.000409. The van der Waals surface area contributed by atoms with Gasteiger partial charge in [-0.15, -0.1) is 0 Å². The van der Waals surface area contributed by atoms with E-state index in [1.165, 1.54) is 0 Å². The number of carbonyl (C=O) groups excluding carboxylic acids is 3. The van der Waals surface area contributed by atoms with Crippen molar-refractivity contribution in [1.29, 1.82) is 0 Å². The number of nitrogens with one attached hydrogen (secondary N) is 3. The van der Waals surface area contributed by atoms with E-state index in [1.54, 1.807) is 12.1 Å². The number of urea groups is 1. The smallest absolute Gasteiger partial charge is 0.318 e. The average molecular weight is 512 g/mol. The zero-order valence-corrected chi connectivity index (χ0v) is 22.3. The van der Waals surface area contributed by atoms with Crippen LogP contribution in [0.2, 0.25) is 0 Å². The Bertz CT molecular complexity index is 1050. The first-order valence-electron chi connectivity index (χ1n) is 13.8. The van der Waals surface area contributed by atoms with Crippen LogP contribution in [0.3, 0.4) is 0 Å². The first-order valence-corrected chi connectivity index (χ1v) is 13.8. The summed E-state index contributed by atoms with van der Waals surface area (Å²) in [5, 5.41) is 9.63. The number of nitrogens with zero attached hydrogens (tertiary/aromatic N) is 2. The third-order valence-corrected chi connectivity index (χ3v) is 7.54. The predicted molar refractivity (Wildman–Crippen MR) is 142 cm³/mol. The number of hydrogen-bond donors (Lipinski definition) is 3. The lowest BCUT2D eigenvalue weighted by Gasteiger charge is -2.40. The van der Waals surface area contributed by atoms with E-state index >= 15 is 0 Å². The Morgan fingerprint density at radius 2 is 1.81 bits per heavy atom. The van der Waals surface area contributed by atoms with Gasteiger partial charge in [-0.1, -0.05) is 58.6 Å². The monoisotopic (exact) mass is 511 g/mol. The molecule has 3 amide bonds. The van der Waals surface area contributed by atoms with E-state index in [1.807, 2.05) is 24.0 Å². The first-order chi connectivity index (χ1) is 17.8. The molecule has 202 valence electrons. The second-order valence-electron chi connectivity index (χ2n) is 10.8. The number of oxazole rings is 1. The van der Waals surface area contributed by atoms with Gasteiger partial charge in [-0.25, -0.2) is 9.78 Å². The number of ketones is 1. The highest BCUT2D eigenvalue weighted by Gasteiger charge is 2.43. The van der Waals surface area contributed by atoms with E-state index < -0.39 is 11.6 Å². The molecule has 1 saturated heterocycles. The number of amides is 3. The first kappa shape index (κ1) is 27.1. The largest absolute Gasteiger partial charge is 0.434 e. The molecule has 3 N–H and O–H groups in total. The topological polar surface area (TPSA) is 117 Å². The lowest BCUT2D eigenvalue weighted by atomic mass is 9.80. The molecule has 1 aliphatic heterocycles. The van der Waals surface area contributed by atoms with Crippen LogP contribution in [0.15, 0.2) is 28.7 Å². The van der Waals surface area contributed by atoms with Crippen molar-refractivity contribution in [2.45, 2.75) is 102 Å². The molecule has 0 unspecified atom stereocenters. The molecule has 9 heteroatoms. The number of Topliss-reactive ketones (excluding diaryl/α,β-unsaturated/α-hetero) is 1. The summed E-state index contributed by atoms with van der Waals surface area (Å²) in [5.74, 6) is -0.636. The van der Waals surface area contributed by atoms with Gasteiger partial charge in [0.15, 0.2) is 5.58 Å². The van der Waals surface area contributed by atoms with Crippen LogP contribution in [-0.4, -0.2) is 64.4 Å². The van der Waals surface area contributed by atoms with Crippen LogP contribution in [0.4, 0.5) is 4.79 Å². The van der Waals surface area contributed by atoms with Gasteiger partial charge in [0, 0.05) is 25.2 Å². The molecule has 0 spiro atoms. The van der Waals surface area contributed by atoms with Gasteiger partial charge < -0.3 is 25.3 Å². The summed E-state index contributed by atoms with van der Waals surface area (Å²) >= 11 is 0. The fourth-order valence-electron chi connectivity index (χ4n) is 5.55. The van der Waals surface area contributed by atoms with Crippen LogP contribution in [0.1, 0.15) is 89.2 Å². The quantitative estimate of drug-likeness (QED) is 0.435. The SMILES string of the molecule is CCC[C@H](NC(=O)C1(NC(=O)N2CCC(NC(C)C)CC2)CCCCC1)C(=O)c1nc2ccccc2o1. The molecule has 4 rings (SSSR count). The van der Waals surface area contributed by atoms with Gasteiger partial charge in [0.25, 0.3) is 5.89 Å². The standard InChI is InChI=1S/C28H41N5O4/c1-4-10-22(24(34)25-30-21-11-6-7-12-23(21)37-25)31-26(35)28(15-8-5-9-16-28)32-27(36)33-17-13-20(14-18-33)29-19(2)3/h6-7,11-12,19-20,22,29H,4-5,8-10,13-18H2,1-3H3,(H,31,35)(H,32,36)/t22-/m0/s1. The number of piperidine rings is 1. The van der Waals surface area contributed by atoms with Gasteiger partial charge in [-0.2, -0.15) is 0 Å². The van der Waals surface area contributed by atoms with E-state index in [0.717, 1.165) is 32.1 Å². The normalized spacial score (nSPS) is 19.1. The highest BCUT2D eigenvalue weighted by molar-refractivity contribution is 6.01. The Morgan fingerprint density at radius 3 is 2.46 bits per heavy atom. The van der Waals surface area contributed by atoms with Gasteiger partial charge in [-0.05, 0) is 44.2 Å². The number of rotatable bonds is 9. The van der Waals surface area contributed by atoms with Gasteiger partial charge in [-0.3, -0.25) is 9.59 Å². The van der Waals surface area contributed by atoms with Crippen LogP contribution >= 0.6 is 0 Å². The van der Waals surface area contributed by atoms with Crippen molar-refractivity contribution in [1.82, 2.24) is 25.8 Å². The van der Waals surface area contributed by atoms with Crippen LogP contribution in [0.5, 0.6) is 0 Å². The summed E-state index contributed by atoms with van der Waals surface area (Å²) in [4.78, 5) is 46.5. The number of hydrogen-bond acceptors (Lipinski definition) is 6. The fourth-order valence-corrected chi connectivity index (χ4v) is 5.55. The van der Waals surface area contributed by atoms with E-state index in [4.69, 9.17) is 4.42 Å². The summed E-state index contributed by atoms with van der Waals surface area (Å²) in [6.45, 7) is 7.54. The Labute approximate surface area is 219 Å². The summed E-state index contributed by atoms with van der Waals surface area (Å²) < 4.78 is 5.69. The molecule has 1 aromatic heterocycles. The zero-order valence-electron chi connectivity index (χ0n) is 22.3. The molecule has 0 radical (unpaired) electrons. The van der Waals surface area contributed by atoms with Crippen molar-refractivity contribution in [2.24, 2.45) is 0 Å². The minimum atomic E-state index is -1.02. The molecule has 2 aliphatic rings. The van der Waals surface area contributed by atoms with E-state index in [9.17, 15) is 14.4 Å². The molecule has 37 heavy (non-hydrogen) atoms. The number of para-hydroxylation sites is 2. The molecular weight excluding hydrogens is 470 g/mol. The minimum Gasteiger partial charge on any atom is -0.434 e. The van der Waals surface area contributed by atoms with Crippen LogP contribution in [-0.2, 0) is 4.79 Å². The van der Waals surface area contributed by atoms with E-state index in [2.05, 4.69) is 34.8 Å². The Hall–Kier alpha value is -2.94. The van der Waals surface area contributed by atoms with Crippen molar-refractivity contribution in [3.05, 3.63) is 30.2 Å². The number of aromatic nitrogens is 1. The lowest BCUT2D eigenvalue weighted by Crippen LogP contribution is -2.64. The molecular formula is C28H41N5O4. The van der Waals surface area contributed by atoms with Crippen LogP contribution < -0.4 is 16.0 Å². The second-order valence-corrected chi connectivity index (χ2v) is 10.8. The third-order valence-electron chi connectivity index (χ3n) is 7.54. The lowest BCUT2D eigenvalue weighted by molar-refractivity contribution is -0.129. The summed E-state index contributed by atoms with van der Waals surface area (Å²) in [6, 6.07) is 7.07. The molecule has 1 aromatic carbocycles. The van der Waals surface area contributed by atoms with Gasteiger partial charge in [0.2, 0.25) is 11.7 Å². The predicted octanol–water partition coefficient (Wildman–Crippen LogP) is 4.17. The van der Waals surface area contributed by atoms with Crippen molar-refractivity contribution >= 4 is 28.8 Å². The third kappa shape index (κ3) is 6.50. The number of carbonyl (C=O) groups is 3. The van der Waals surface area contributed by atoms with Crippen molar-refractivity contribution in [3.63, 3.8) is 0 Å². The van der Waals surface area contributed by atoms with Gasteiger partial charge >= 0.3 is 6.03 Å². The number of benzene rings is 1. The molecule has 2 aromatic rings.